The van der Waals surface area contributed by atoms with Gasteiger partial charge in [0, 0.05) is 18.4 Å². The molecule has 1 aromatic carbocycles. The minimum absolute atomic E-state index is 0.0277. The number of Topliss-reactive ketones (excluding diaryl/α,β-unsaturated/α-hetero) is 1. The van der Waals surface area contributed by atoms with Gasteiger partial charge in [-0.15, -0.1) is 0 Å². The fraction of sp³-hybridized carbons (Fsp3) is 0.250. The second-order valence-corrected chi connectivity index (χ2v) is 6.02. The average molecular weight is 328 g/mol. The molecule has 0 aliphatic heterocycles. The molecule has 23 heavy (non-hydrogen) atoms. The zero-order chi connectivity index (χ0) is 16.2. The van der Waals surface area contributed by atoms with Gasteiger partial charge in [0.2, 0.25) is 10.9 Å². The SMILES string of the molecule is C[C@H](NC(=O)CCC(=O)c1ccccc1)c1cn2ncsc2n1. The molecule has 3 rings (SSSR count). The van der Waals surface area contributed by atoms with Crippen molar-refractivity contribution in [2.75, 3.05) is 0 Å². The van der Waals surface area contributed by atoms with E-state index in [0.29, 0.717) is 5.56 Å². The van der Waals surface area contributed by atoms with Crippen molar-refractivity contribution in [2.24, 2.45) is 0 Å². The first-order chi connectivity index (χ1) is 11.1. The van der Waals surface area contributed by atoms with Crippen molar-refractivity contribution in [2.45, 2.75) is 25.8 Å². The number of carbonyl (C=O) groups excluding carboxylic acids is 2. The maximum Gasteiger partial charge on any atom is 0.220 e. The molecule has 2 heterocycles. The van der Waals surface area contributed by atoms with E-state index in [1.54, 1.807) is 28.4 Å². The smallest absolute Gasteiger partial charge is 0.220 e. The summed E-state index contributed by atoms with van der Waals surface area (Å²) in [7, 11) is 0. The molecule has 0 fully saturated rings. The van der Waals surface area contributed by atoms with Crippen molar-refractivity contribution < 1.29 is 9.59 Å². The molecule has 1 N–H and O–H groups in total. The number of amides is 1. The molecule has 2 aromatic heterocycles. The Morgan fingerprint density at radius 3 is 2.78 bits per heavy atom. The Hall–Kier alpha value is -2.54. The molecule has 0 radical (unpaired) electrons. The second-order valence-electron chi connectivity index (χ2n) is 5.21. The van der Waals surface area contributed by atoms with E-state index in [2.05, 4.69) is 15.4 Å². The van der Waals surface area contributed by atoms with Gasteiger partial charge in [-0.3, -0.25) is 9.59 Å². The van der Waals surface area contributed by atoms with Gasteiger partial charge in [0.15, 0.2) is 5.78 Å². The maximum absolute atomic E-state index is 12.0. The normalized spacial score (nSPS) is 12.2. The number of nitrogens with zero attached hydrogens (tertiary/aromatic N) is 3. The molecule has 0 saturated heterocycles. The first-order valence-electron chi connectivity index (χ1n) is 7.30. The highest BCUT2D eigenvalue weighted by molar-refractivity contribution is 7.14. The number of rotatable bonds is 6. The fourth-order valence-corrected chi connectivity index (χ4v) is 2.86. The quantitative estimate of drug-likeness (QED) is 0.706. The van der Waals surface area contributed by atoms with Crippen LogP contribution in [0.2, 0.25) is 0 Å². The van der Waals surface area contributed by atoms with E-state index >= 15 is 0 Å². The van der Waals surface area contributed by atoms with Crippen molar-refractivity contribution in [1.82, 2.24) is 19.9 Å². The van der Waals surface area contributed by atoms with Crippen LogP contribution in [0, 0.1) is 0 Å². The van der Waals surface area contributed by atoms with Gasteiger partial charge in [0.1, 0.15) is 5.51 Å². The van der Waals surface area contributed by atoms with Crippen molar-refractivity contribution >= 4 is 28.0 Å². The first kappa shape index (κ1) is 15.4. The lowest BCUT2D eigenvalue weighted by Crippen LogP contribution is -2.27. The molecular weight excluding hydrogens is 312 g/mol. The Kier molecular flexibility index (Phi) is 4.47. The molecule has 6 nitrogen and oxygen atoms in total. The van der Waals surface area contributed by atoms with Gasteiger partial charge in [-0.25, -0.2) is 9.50 Å². The number of aromatic nitrogens is 3. The number of ketones is 1. The Bertz CT molecular complexity index is 796. The molecule has 118 valence electrons. The molecule has 0 aliphatic carbocycles. The van der Waals surface area contributed by atoms with Gasteiger partial charge in [-0.05, 0) is 6.92 Å². The van der Waals surface area contributed by atoms with E-state index in [1.807, 2.05) is 25.1 Å². The summed E-state index contributed by atoms with van der Waals surface area (Å²) in [5, 5.41) is 6.97. The van der Waals surface area contributed by atoms with Crippen molar-refractivity contribution in [3.05, 3.63) is 53.3 Å². The zero-order valence-corrected chi connectivity index (χ0v) is 13.4. The molecule has 0 saturated carbocycles. The molecule has 0 unspecified atom stereocenters. The molecular formula is C16H16N4O2S. The van der Waals surface area contributed by atoms with Crippen LogP contribution in [-0.4, -0.2) is 26.3 Å². The predicted octanol–water partition coefficient (Wildman–Crippen LogP) is 2.63. The fourth-order valence-electron chi connectivity index (χ4n) is 2.25. The Labute approximate surface area is 137 Å². The van der Waals surface area contributed by atoms with Crippen LogP contribution in [0.4, 0.5) is 0 Å². The molecule has 7 heteroatoms. The average Bonchev–Trinajstić information content (AvgIpc) is 3.15. The van der Waals surface area contributed by atoms with E-state index < -0.39 is 0 Å². The summed E-state index contributed by atoms with van der Waals surface area (Å²) in [5.74, 6) is -0.189. The lowest BCUT2D eigenvalue weighted by Gasteiger charge is -2.11. The maximum atomic E-state index is 12.0. The summed E-state index contributed by atoms with van der Waals surface area (Å²) in [5.41, 5.74) is 3.10. The van der Waals surface area contributed by atoms with Gasteiger partial charge in [0.05, 0.1) is 17.9 Å². The van der Waals surface area contributed by atoms with Crippen LogP contribution in [0.5, 0.6) is 0 Å². The summed E-state index contributed by atoms with van der Waals surface area (Å²) >= 11 is 1.44. The number of nitrogens with one attached hydrogen (secondary N) is 1. The highest BCUT2D eigenvalue weighted by Crippen LogP contribution is 2.15. The van der Waals surface area contributed by atoms with Crippen molar-refractivity contribution in [3.63, 3.8) is 0 Å². The molecule has 1 atom stereocenters. The number of fused-ring (bicyclic) bond motifs is 1. The van der Waals surface area contributed by atoms with Gasteiger partial charge in [0.25, 0.3) is 0 Å². The largest absolute Gasteiger partial charge is 0.348 e. The van der Waals surface area contributed by atoms with Crippen LogP contribution >= 0.6 is 11.3 Å². The van der Waals surface area contributed by atoms with Gasteiger partial charge < -0.3 is 5.32 Å². The van der Waals surface area contributed by atoms with E-state index in [1.165, 1.54) is 11.3 Å². The molecule has 0 spiro atoms. The third-order valence-corrected chi connectivity index (χ3v) is 4.19. The number of benzene rings is 1. The lowest BCUT2D eigenvalue weighted by atomic mass is 10.1. The second kappa shape index (κ2) is 6.70. The zero-order valence-electron chi connectivity index (χ0n) is 12.6. The summed E-state index contributed by atoms with van der Waals surface area (Å²) in [6, 6.07) is 8.78. The topological polar surface area (TPSA) is 76.4 Å². The standard InChI is InChI=1S/C16H16N4O2S/c1-11(13-9-20-16(19-13)23-10-17-20)18-15(22)8-7-14(21)12-5-3-2-4-6-12/h2-6,9-11H,7-8H2,1H3,(H,18,22)/t11-/m0/s1. The van der Waals surface area contributed by atoms with Crippen LogP contribution in [-0.2, 0) is 4.79 Å². The molecule has 3 aromatic rings. The van der Waals surface area contributed by atoms with Crippen LogP contribution in [0.1, 0.15) is 41.9 Å². The summed E-state index contributed by atoms with van der Waals surface area (Å²) in [6.45, 7) is 1.86. The number of imidazole rings is 1. The van der Waals surface area contributed by atoms with Crippen molar-refractivity contribution in [3.8, 4) is 0 Å². The number of carbonyl (C=O) groups is 2. The Balaban J connectivity index is 1.52. The molecule has 0 bridgehead atoms. The monoisotopic (exact) mass is 328 g/mol. The Morgan fingerprint density at radius 2 is 2.04 bits per heavy atom. The van der Waals surface area contributed by atoms with Crippen LogP contribution in [0.25, 0.3) is 4.96 Å². The summed E-state index contributed by atoms with van der Waals surface area (Å²) in [6.07, 6.45) is 2.16. The van der Waals surface area contributed by atoms with E-state index in [4.69, 9.17) is 0 Å². The highest BCUT2D eigenvalue weighted by atomic mass is 32.1. The van der Waals surface area contributed by atoms with Crippen LogP contribution in [0.3, 0.4) is 0 Å². The third kappa shape index (κ3) is 3.62. The number of hydrogen-bond acceptors (Lipinski definition) is 5. The highest BCUT2D eigenvalue weighted by Gasteiger charge is 2.15. The van der Waals surface area contributed by atoms with Gasteiger partial charge in [-0.2, -0.15) is 5.10 Å². The van der Waals surface area contributed by atoms with Gasteiger partial charge >= 0.3 is 0 Å². The number of hydrogen-bond donors (Lipinski definition) is 1. The minimum atomic E-state index is -0.219. The summed E-state index contributed by atoms with van der Waals surface area (Å²) < 4.78 is 1.68. The minimum Gasteiger partial charge on any atom is -0.348 e. The third-order valence-electron chi connectivity index (χ3n) is 3.50. The Morgan fingerprint density at radius 1 is 1.26 bits per heavy atom. The molecule has 0 aliphatic rings. The van der Waals surface area contributed by atoms with Crippen LogP contribution < -0.4 is 5.32 Å². The van der Waals surface area contributed by atoms with Gasteiger partial charge in [-0.1, -0.05) is 41.7 Å². The van der Waals surface area contributed by atoms with Crippen LogP contribution in [0.15, 0.2) is 42.0 Å². The van der Waals surface area contributed by atoms with E-state index in [9.17, 15) is 9.59 Å². The molecule has 1 amide bonds. The summed E-state index contributed by atoms with van der Waals surface area (Å²) in [4.78, 5) is 29.2. The van der Waals surface area contributed by atoms with Crippen molar-refractivity contribution in [1.29, 1.82) is 0 Å². The first-order valence-corrected chi connectivity index (χ1v) is 8.18. The van der Waals surface area contributed by atoms with E-state index in [-0.39, 0.29) is 30.6 Å². The van der Waals surface area contributed by atoms with E-state index in [0.717, 1.165) is 10.7 Å². The predicted molar refractivity (Wildman–Crippen MR) is 87.4 cm³/mol. The lowest BCUT2D eigenvalue weighted by molar-refractivity contribution is -0.121.